The van der Waals surface area contributed by atoms with E-state index in [-0.39, 0.29) is 10.8 Å². The summed E-state index contributed by atoms with van der Waals surface area (Å²) in [5.41, 5.74) is 1.79. The van der Waals surface area contributed by atoms with E-state index in [4.69, 9.17) is 9.88 Å². The van der Waals surface area contributed by atoms with Gasteiger partial charge in [-0.2, -0.15) is 0 Å². The van der Waals surface area contributed by atoms with Crippen LogP contribution in [0.1, 0.15) is 15.9 Å². The maximum Gasteiger partial charge on any atom is 0.259 e. The molecule has 116 valence electrons. The standard InChI is InChI=1S/C15H16N2O4S/c1-10-3-8-14(21-2)13(9-10)15(18)17-11-4-6-12(7-5-11)22(16,19)20/h3-9H,1-2H3,(H,17,18)(H2,16,19,20). The quantitative estimate of drug-likeness (QED) is 0.899. The molecule has 0 atom stereocenters. The smallest absolute Gasteiger partial charge is 0.259 e. The lowest BCUT2D eigenvalue weighted by Gasteiger charge is -2.10. The molecular weight excluding hydrogens is 304 g/mol. The Morgan fingerprint density at radius 2 is 1.77 bits per heavy atom. The van der Waals surface area contributed by atoms with Gasteiger partial charge in [-0.05, 0) is 43.3 Å². The predicted octanol–water partition coefficient (Wildman–Crippen LogP) is 1.90. The van der Waals surface area contributed by atoms with Gasteiger partial charge in [0.2, 0.25) is 10.0 Å². The number of nitrogens with one attached hydrogen (secondary N) is 1. The predicted molar refractivity (Wildman–Crippen MR) is 83.5 cm³/mol. The highest BCUT2D eigenvalue weighted by molar-refractivity contribution is 7.89. The molecule has 0 spiro atoms. The topological polar surface area (TPSA) is 98.5 Å². The van der Waals surface area contributed by atoms with Crippen LogP contribution in [0.15, 0.2) is 47.4 Å². The minimum absolute atomic E-state index is 0.0152. The summed E-state index contributed by atoms with van der Waals surface area (Å²) < 4.78 is 27.5. The van der Waals surface area contributed by atoms with E-state index in [9.17, 15) is 13.2 Å². The Morgan fingerprint density at radius 3 is 2.32 bits per heavy atom. The average molecular weight is 320 g/mol. The van der Waals surface area contributed by atoms with Crippen LogP contribution in [0.25, 0.3) is 0 Å². The number of nitrogens with two attached hydrogens (primary N) is 1. The molecule has 0 bridgehead atoms. The number of aryl methyl sites for hydroxylation is 1. The second-order valence-corrected chi connectivity index (χ2v) is 6.29. The highest BCUT2D eigenvalue weighted by atomic mass is 32.2. The molecule has 2 rings (SSSR count). The molecule has 0 aromatic heterocycles. The van der Waals surface area contributed by atoms with Crippen molar-refractivity contribution in [3.05, 3.63) is 53.6 Å². The van der Waals surface area contributed by atoms with Gasteiger partial charge in [-0.1, -0.05) is 11.6 Å². The number of benzene rings is 2. The highest BCUT2D eigenvalue weighted by Gasteiger charge is 2.13. The summed E-state index contributed by atoms with van der Waals surface area (Å²) in [7, 11) is -2.26. The van der Waals surface area contributed by atoms with Crippen LogP contribution in [-0.2, 0) is 10.0 Å². The number of carbonyl (C=O) groups excluding carboxylic acids is 1. The van der Waals surface area contributed by atoms with Crippen LogP contribution in [-0.4, -0.2) is 21.4 Å². The van der Waals surface area contributed by atoms with Crippen LogP contribution in [0.2, 0.25) is 0 Å². The fraction of sp³-hybridized carbons (Fsp3) is 0.133. The molecule has 0 radical (unpaired) electrons. The lowest BCUT2D eigenvalue weighted by molar-refractivity contribution is 0.102. The monoisotopic (exact) mass is 320 g/mol. The van der Waals surface area contributed by atoms with Crippen molar-refractivity contribution in [2.75, 3.05) is 12.4 Å². The number of anilines is 1. The Labute approximate surface area is 129 Å². The maximum absolute atomic E-state index is 12.3. The molecule has 0 saturated carbocycles. The third kappa shape index (κ3) is 3.63. The molecule has 6 nitrogen and oxygen atoms in total. The Hall–Kier alpha value is -2.38. The van der Waals surface area contributed by atoms with Crippen molar-refractivity contribution in [2.24, 2.45) is 5.14 Å². The van der Waals surface area contributed by atoms with Crippen molar-refractivity contribution >= 4 is 21.6 Å². The van der Waals surface area contributed by atoms with Gasteiger partial charge in [-0.3, -0.25) is 4.79 Å². The first-order valence-corrected chi connectivity index (χ1v) is 7.95. The first-order chi connectivity index (χ1) is 10.3. The second kappa shape index (κ2) is 6.17. The number of ether oxygens (including phenoxy) is 1. The Kier molecular flexibility index (Phi) is 4.48. The van der Waals surface area contributed by atoms with Crippen LogP contribution in [0.4, 0.5) is 5.69 Å². The molecule has 1 amide bonds. The van der Waals surface area contributed by atoms with Gasteiger partial charge in [0.15, 0.2) is 0 Å². The molecule has 0 aliphatic carbocycles. The molecule has 2 aromatic carbocycles. The molecule has 0 aliphatic rings. The van der Waals surface area contributed by atoms with E-state index in [1.54, 1.807) is 12.1 Å². The fourth-order valence-electron chi connectivity index (χ4n) is 1.93. The van der Waals surface area contributed by atoms with E-state index in [1.807, 2.05) is 13.0 Å². The first kappa shape index (κ1) is 16.0. The minimum Gasteiger partial charge on any atom is -0.496 e. The number of methoxy groups -OCH3 is 1. The van der Waals surface area contributed by atoms with Gasteiger partial charge in [-0.25, -0.2) is 13.6 Å². The number of rotatable bonds is 4. The molecule has 0 fully saturated rings. The molecule has 0 saturated heterocycles. The molecule has 0 unspecified atom stereocenters. The van der Waals surface area contributed by atoms with Crippen LogP contribution >= 0.6 is 0 Å². The van der Waals surface area contributed by atoms with Crippen LogP contribution in [0.5, 0.6) is 5.75 Å². The molecular formula is C15H16N2O4S. The van der Waals surface area contributed by atoms with Gasteiger partial charge < -0.3 is 10.1 Å². The number of hydrogen-bond donors (Lipinski definition) is 2. The third-order valence-corrected chi connectivity index (χ3v) is 3.97. The normalized spacial score (nSPS) is 11.0. The lowest BCUT2D eigenvalue weighted by Crippen LogP contribution is -2.14. The van der Waals surface area contributed by atoms with Crippen LogP contribution in [0, 0.1) is 6.92 Å². The fourth-order valence-corrected chi connectivity index (χ4v) is 2.44. The highest BCUT2D eigenvalue weighted by Crippen LogP contribution is 2.21. The van der Waals surface area contributed by atoms with E-state index >= 15 is 0 Å². The zero-order valence-electron chi connectivity index (χ0n) is 12.2. The number of carbonyl (C=O) groups is 1. The summed E-state index contributed by atoms with van der Waals surface area (Å²) in [6, 6.07) is 10.9. The SMILES string of the molecule is COc1ccc(C)cc1C(=O)Nc1ccc(S(N)(=O)=O)cc1. The lowest BCUT2D eigenvalue weighted by atomic mass is 10.1. The number of sulfonamides is 1. The number of primary sulfonamides is 1. The Bertz CT molecular complexity index is 799. The van der Waals surface area contributed by atoms with Crippen molar-refractivity contribution in [3.8, 4) is 5.75 Å². The molecule has 2 aromatic rings. The minimum atomic E-state index is -3.75. The zero-order chi connectivity index (χ0) is 16.3. The molecule has 0 heterocycles. The van der Waals surface area contributed by atoms with Gasteiger partial charge in [0.25, 0.3) is 5.91 Å². The van der Waals surface area contributed by atoms with Gasteiger partial charge in [0.05, 0.1) is 17.6 Å². The van der Waals surface area contributed by atoms with E-state index < -0.39 is 10.0 Å². The maximum atomic E-state index is 12.3. The summed E-state index contributed by atoms with van der Waals surface area (Å²) in [6.45, 7) is 1.87. The van der Waals surface area contributed by atoms with Gasteiger partial charge >= 0.3 is 0 Å². The van der Waals surface area contributed by atoms with E-state index in [0.717, 1.165) is 5.56 Å². The summed E-state index contributed by atoms with van der Waals surface area (Å²) in [4.78, 5) is 12.3. The van der Waals surface area contributed by atoms with Crippen molar-refractivity contribution in [3.63, 3.8) is 0 Å². The van der Waals surface area contributed by atoms with Crippen molar-refractivity contribution in [1.82, 2.24) is 0 Å². The molecule has 7 heteroatoms. The van der Waals surface area contributed by atoms with Crippen molar-refractivity contribution in [2.45, 2.75) is 11.8 Å². The van der Waals surface area contributed by atoms with Crippen LogP contribution in [0.3, 0.4) is 0 Å². The molecule has 22 heavy (non-hydrogen) atoms. The van der Waals surface area contributed by atoms with E-state index in [2.05, 4.69) is 5.32 Å². The first-order valence-electron chi connectivity index (χ1n) is 6.40. The number of amides is 1. The van der Waals surface area contributed by atoms with Gasteiger partial charge in [-0.15, -0.1) is 0 Å². The number of hydrogen-bond acceptors (Lipinski definition) is 4. The summed E-state index contributed by atoms with van der Waals surface area (Å²) in [5.74, 6) is 0.119. The summed E-state index contributed by atoms with van der Waals surface area (Å²) in [6.07, 6.45) is 0. The second-order valence-electron chi connectivity index (χ2n) is 4.73. The Morgan fingerprint density at radius 1 is 1.14 bits per heavy atom. The average Bonchev–Trinajstić information content (AvgIpc) is 2.46. The molecule has 3 N–H and O–H groups in total. The summed E-state index contributed by atoms with van der Waals surface area (Å²) in [5, 5.41) is 7.71. The van der Waals surface area contributed by atoms with Gasteiger partial charge in [0.1, 0.15) is 5.75 Å². The van der Waals surface area contributed by atoms with Gasteiger partial charge in [0, 0.05) is 5.69 Å². The van der Waals surface area contributed by atoms with Crippen molar-refractivity contribution < 1.29 is 17.9 Å². The molecule has 0 aliphatic heterocycles. The Balaban J connectivity index is 2.24. The van der Waals surface area contributed by atoms with E-state index in [1.165, 1.54) is 31.4 Å². The summed E-state index contributed by atoms with van der Waals surface area (Å²) >= 11 is 0. The van der Waals surface area contributed by atoms with E-state index in [0.29, 0.717) is 17.0 Å². The largest absolute Gasteiger partial charge is 0.496 e. The van der Waals surface area contributed by atoms with Crippen molar-refractivity contribution in [1.29, 1.82) is 0 Å². The van der Waals surface area contributed by atoms with Crippen LogP contribution < -0.4 is 15.2 Å². The third-order valence-electron chi connectivity index (χ3n) is 3.04. The zero-order valence-corrected chi connectivity index (χ0v) is 13.0.